The molecular weight excluding hydrogens is 378 g/mol. The molecule has 0 bridgehead atoms. The highest BCUT2D eigenvalue weighted by Gasteiger charge is 2.17. The lowest BCUT2D eigenvalue weighted by Crippen LogP contribution is -2.32. The van der Waals surface area contributed by atoms with Crippen molar-refractivity contribution < 1.29 is 13.3 Å². The highest BCUT2D eigenvalue weighted by molar-refractivity contribution is 7.89. The van der Waals surface area contributed by atoms with Gasteiger partial charge in [0.15, 0.2) is 0 Å². The molecule has 1 aliphatic heterocycles. The predicted octanol–water partition coefficient (Wildman–Crippen LogP) is 3.31. The number of rotatable bonds is 7. The molecule has 2 aromatic carbocycles. The van der Waals surface area contributed by atoms with E-state index in [0.29, 0.717) is 0 Å². The van der Waals surface area contributed by atoms with Gasteiger partial charge in [0.05, 0.1) is 9.82 Å². The van der Waals surface area contributed by atoms with E-state index in [1.165, 1.54) is 42.7 Å². The number of piperidine rings is 1. The van der Waals surface area contributed by atoms with E-state index in [1.54, 1.807) is 0 Å². The summed E-state index contributed by atoms with van der Waals surface area (Å²) in [7, 11) is -3.72. The molecule has 0 amide bonds. The standard InChI is InChI=1S/C20H25N3O4S/c1-16-10-12-22(13-11-16)15-18-4-2-17(3-5-18)14-21-28(26,27)20-8-6-19(7-9-20)23(24)25/h2-9,16,21H,10-15H2,1H3. The number of nitro groups is 1. The van der Waals surface area contributed by atoms with E-state index in [0.717, 1.165) is 31.1 Å². The zero-order valence-electron chi connectivity index (χ0n) is 15.9. The van der Waals surface area contributed by atoms with Gasteiger partial charge in [-0.05, 0) is 55.1 Å². The summed E-state index contributed by atoms with van der Waals surface area (Å²) in [6.45, 7) is 5.63. The van der Waals surface area contributed by atoms with E-state index in [9.17, 15) is 18.5 Å². The smallest absolute Gasteiger partial charge is 0.269 e. The van der Waals surface area contributed by atoms with Crippen molar-refractivity contribution in [2.24, 2.45) is 5.92 Å². The van der Waals surface area contributed by atoms with E-state index >= 15 is 0 Å². The highest BCUT2D eigenvalue weighted by atomic mass is 32.2. The van der Waals surface area contributed by atoms with Crippen molar-refractivity contribution in [3.05, 3.63) is 69.8 Å². The number of hydrogen-bond acceptors (Lipinski definition) is 5. The van der Waals surface area contributed by atoms with Gasteiger partial charge in [0, 0.05) is 25.2 Å². The number of nitrogens with zero attached hydrogens (tertiary/aromatic N) is 2. The second kappa shape index (κ2) is 8.81. The molecule has 1 aliphatic rings. The molecular formula is C20H25N3O4S. The molecule has 0 unspecified atom stereocenters. The maximum atomic E-state index is 12.4. The van der Waals surface area contributed by atoms with Crippen molar-refractivity contribution in [1.82, 2.24) is 9.62 Å². The number of benzene rings is 2. The summed E-state index contributed by atoms with van der Waals surface area (Å²) in [6.07, 6.45) is 2.48. The molecule has 1 saturated heterocycles. The van der Waals surface area contributed by atoms with Crippen LogP contribution in [0.2, 0.25) is 0 Å². The van der Waals surface area contributed by atoms with Gasteiger partial charge < -0.3 is 0 Å². The summed E-state index contributed by atoms with van der Waals surface area (Å²) < 4.78 is 27.2. The van der Waals surface area contributed by atoms with Crippen LogP contribution in [0.4, 0.5) is 5.69 Å². The molecule has 0 atom stereocenters. The Labute approximate surface area is 165 Å². The van der Waals surface area contributed by atoms with Crippen molar-refractivity contribution >= 4 is 15.7 Å². The molecule has 7 nitrogen and oxygen atoms in total. The molecule has 150 valence electrons. The van der Waals surface area contributed by atoms with Gasteiger partial charge in [-0.1, -0.05) is 31.2 Å². The van der Waals surface area contributed by atoms with E-state index < -0.39 is 14.9 Å². The van der Waals surface area contributed by atoms with E-state index in [4.69, 9.17) is 0 Å². The Hall–Kier alpha value is -2.29. The first-order valence-corrected chi connectivity index (χ1v) is 10.9. The third-order valence-corrected chi connectivity index (χ3v) is 6.55. The first-order chi connectivity index (χ1) is 13.3. The lowest BCUT2D eigenvalue weighted by Gasteiger charge is -2.30. The minimum absolute atomic E-state index is 0.00838. The molecule has 3 rings (SSSR count). The second-order valence-corrected chi connectivity index (χ2v) is 9.12. The van der Waals surface area contributed by atoms with Crippen LogP contribution in [0.1, 0.15) is 30.9 Å². The summed E-state index contributed by atoms with van der Waals surface area (Å²) in [5.41, 5.74) is 1.94. The van der Waals surface area contributed by atoms with Crippen molar-refractivity contribution in [1.29, 1.82) is 0 Å². The highest BCUT2D eigenvalue weighted by Crippen LogP contribution is 2.19. The Morgan fingerprint density at radius 2 is 1.61 bits per heavy atom. The summed E-state index contributed by atoms with van der Waals surface area (Å²) in [4.78, 5) is 12.6. The van der Waals surface area contributed by atoms with Crippen molar-refractivity contribution in [2.45, 2.75) is 37.8 Å². The number of likely N-dealkylation sites (tertiary alicyclic amines) is 1. The third-order valence-electron chi connectivity index (χ3n) is 5.13. The Kier molecular flexibility index (Phi) is 6.43. The molecule has 28 heavy (non-hydrogen) atoms. The average molecular weight is 404 g/mol. The molecule has 1 fully saturated rings. The molecule has 1 N–H and O–H groups in total. The zero-order valence-corrected chi connectivity index (χ0v) is 16.7. The first kappa shape index (κ1) is 20.4. The van der Waals surface area contributed by atoms with Crippen molar-refractivity contribution in [3.8, 4) is 0 Å². The van der Waals surface area contributed by atoms with Crippen LogP contribution in [-0.4, -0.2) is 31.3 Å². The Balaban J connectivity index is 1.55. The predicted molar refractivity (Wildman–Crippen MR) is 107 cm³/mol. The normalized spacial score (nSPS) is 16.2. The van der Waals surface area contributed by atoms with Crippen LogP contribution in [0.25, 0.3) is 0 Å². The van der Waals surface area contributed by atoms with Gasteiger partial charge in [0.2, 0.25) is 10.0 Å². The SMILES string of the molecule is CC1CCN(Cc2ccc(CNS(=O)(=O)c3ccc([N+](=O)[O-])cc3)cc2)CC1. The zero-order chi connectivity index (χ0) is 20.1. The van der Waals surface area contributed by atoms with E-state index in [-0.39, 0.29) is 17.1 Å². The maximum Gasteiger partial charge on any atom is 0.269 e. The van der Waals surface area contributed by atoms with Crippen molar-refractivity contribution in [3.63, 3.8) is 0 Å². The lowest BCUT2D eigenvalue weighted by molar-refractivity contribution is -0.384. The molecule has 0 spiro atoms. The molecule has 0 aliphatic carbocycles. The average Bonchev–Trinajstić information content (AvgIpc) is 2.69. The summed E-state index contributed by atoms with van der Waals surface area (Å²) in [5, 5.41) is 10.7. The number of non-ortho nitro benzene ring substituents is 1. The van der Waals surface area contributed by atoms with Crippen LogP contribution in [-0.2, 0) is 23.1 Å². The number of sulfonamides is 1. The molecule has 0 radical (unpaired) electrons. The minimum Gasteiger partial charge on any atom is -0.299 e. The molecule has 2 aromatic rings. The fourth-order valence-corrected chi connectivity index (χ4v) is 4.27. The summed E-state index contributed by atoms with van der Waals surface area (Å²) in [5.74, 6) is 0.808. The van der Waals surface area contributed by atoms with Gasteiger partial charge in [-0.25, -0.2) is 13.1 Å². The summed E-state index contributed by atoms with van der Waals surface area (Å²) in [6, 6.07) is 12.8. The van der Waals surface area contributed by atoms with Gasteiger partial charge in [-0.15, -0.1) is 0 Å². The van der Waals surface area contributed by atoms with Crippen LogP contribution < -0.4 is 4.72 Å². The fourth-order valence-electron chi connectivity index (χ4n) is 3.25. The Morgan fingerprint density at radius 3 is 2.18 bits per heavy atom. The number of nitro benzene ring substituents is 1. The van der Waals surface area contributed by atoms with Crippen LogP contribution >= 0.6 is 0 Å². The van der Waals surface area contributed by atoms with Crippen LogP contribution in [0.5, 0.6) is 0 Å². The topological polar surface area (TPSA) is 92.6 Å². The van der Waals surface area contributed by atoms with Crippen LogP contribution in [0.3, 0.4) is 0 Å². The fraction of sp³-hybridized carbons (Fsp3) is 0.400. The van der Waals surface area contributed by atoms with Gasteiger partial charge >= 0.3 is 0 Å². The van der Waals surface area contributed by atoms with Crippen LogP contribution in [0.15, 0.2) is 53.4 Å². The van der Waals surface area contributed by atoms with E-state index in [1.807, 2.05) is 24.3 Å². The largest absolute Gasteiger partial charge is 0.299 e. The Morgan fingerprint density at radius 1 is 1.04 bits per heavy atom. The summed E-state index contributed by atoms with van der Waals surface area (Å²) >= 11 is 0. The minimum atomic E-state index is -3.72. The monoisotopic (exact) mass is 403 g/mol. The molecule has 1 heterocycles. The Bertz CT molecular complexity index is 903. The van der Waals surface area contributed by atoms with Crippen molar-refractivity contribution in [2.75, 3.05) is 13.1 Å². The third kappa shape index (κ3) is 5.37. The maximum absolute atomic E-state index is 12.4. The van der Waals surface area contributed by atoms with Gasteiger partial charge in [-0.3, -0.25) is 15.0 Å². The number of hydrogen-bond donors (Lipinski definition) is 1. The lowest BCUT2D eigenvalue weighted by atomic mass is 9.99. The van der Waals surface area contributed by atoms with E-state index in [2.05, 4.69) is 16.5 Å². The molecule has 0 saturated carbocycles. The first-order valence-electron chi connectivity index (χ1n) is 9.38. The molecule has 0 aromatic heterocycles. The van der Waals surface area contributed by atoms with Gasteiger partial charge in [0.25, 0.3) is 5.69 Å². The quantitative estimate of drug-likeness (QED) is 0.566. The molecule has 8 heteroatoms. The number of nitrogens with one attached hydrogen (secondary N) is 1. The van der Waals surface area contributed by atoms with Crippen LogP contribution in [0, 0.1) is 16.0 Å². The second-order valence-electron chi connectivity index (χ2n) is 7.35. The van der Waals surface area contributed by atoms with Gasteiger partial charge in [0.1, 0.15) is 0 Å². The van der Waals surface area contributed by atoms with Gasteiger partial charge in [-0.2, -0.15) is 0 Å².